The first-order valence-corrected chi connectivity index (χ1v) is 5.83. The van der Waals surface area contributed by atoms with Gasteiger partial charge in [-0.15, -0.1) is 0 Å². The molecule has 1 unspecified atom stereocenters. The normalized spacial score (nSPS) is 17.2. The van der Waals surface area contributed by atoms with E-state index in [9.17, 15) is 0 Å². The molecule has 0 saturated heterocycles. The van der Waals surface area contributed by atoms with Crippen LogP contribution in [0.3, 0.4) is 0 Å². The highest BCUT2D eigenvalue weighted by molar-refractivity contribution is 5.27. The van der Waals surface area contributed by atoms with Crippen LogP contribution in [0.5, 0.6) is 0 Å². The van der Waals surface area contributed by atoms with Crippen LogP contribution >= 0.6 is 0 Å². The van der Waals surface area contributed by atoms with E-state index in [1.165, 1.54) is 23.4 Å². The Bertz CT molecular complexity index is 336. The summed E-state index contributed by atoms with van der Waals surface area (Å²) in [5, 5.41) is 3.39. The molecular weight excluding hydrogens is 186 g/mol. The summed E-state index contributed by atoms with van der Waals surface area (Å²) in [7, 11) is 0. The summed E-state index contributed by atoms with van der Waals surface area (Å²) >= 11 is 0. The van der Waals surface area contributed by atoms with Gasteiger partial charge in [0, 0.05) is 36.5 Å². The standard InChI is InChI=1S/C12H19N3/c1-3-9(2)6-12-10-7-13-5-4-11(10)14-8-15-12/h8-9,13H,3-7H2,1-2H3. The van der Waals surface area contributed by atoms with Crippen molar-refractivity contribution < 1.29 is 0 Å². The van der Waals surface area contributed by atoms with Crippen molar-refractivity contribution in [3.8, 4) is 0 Å². The van der Waals surface area contributed by atoms with E-state index in [0.29, 0.717) is 5.92 Å². The van der Waals surface area contributed by atoms with Crippen molar-refractivity contribution in [3.05, 3.63) is 23.3 Å². The Labute approximate surface area is 91.3 Å². The summed E-state index contributed by atoms with van der Waals surface area (Å²) in [6, 6.07) is 0. The second-order valence-corrected chi connectivity index (χ2v) is 4.39. The summed E-state index contributed by atoms with van der Waals surface area (Å²) in [4.78, 5) is 8.79. The lowest BCUT2D eigenvalue weighted by Crippen LogP contribution is -2.26. The van der Waals surface area contributed by atoms with Gasteiger partial charge in [0.2, 0.25) is 0 Å². The minimum absolute atomic E-state index is 0.714. The maximum Gasteiger partial charge on any atom is 0.115 e. The monoisotopic (exact) mass is 205 g/mol. The Morgan fingerprint density at radius 1 is 1.47 bits per heavy atom. The van der Waals surface area contributed by atoms with Gasteiger partial charge in [-0.1, -0.05) is 20.3 Å². The van der Waals surface area contributed by atoms with E-state index in [4.69, 9.17) is 0 Å². The molecule has 0 bridgehead atoms. The van der Waals surface area contributed by atoms with Crippen LogP contribution in [0.1, 0.15) is 37.2 Å². The van der Waals surface area contributed by atoms with Crippen LogP contribution in [0.2, 0.25) is 0 Å². The molecule has 3 heteroatoms. The van der Waals surface area contributed by atoms with Gasteiger partial charge in [-0.05, 0) is 12.3 Å². The number of fused-ring (bicyclic) bond motifs is 1. The van der Waals surface area contributed by atoms with Crippen LogP contribution < -0.4 is 5.32 Å². The van der Waals surface area contributed by atoms with Crippen molar-refractivity contribution in [1.29, 1.82) is 0 Å². The molecule has 0 saturated carbocycles. The molecule has 1 aliphatic heterocycles. The Morgan fingerprint density at radius 3 is 3.13 bits per heavy atom. The molecule has 1 atom stereocenters. The van der Waals surface area contributed by atoms with E-state index in [1.54, 1.807) is 6.33 Å². The van der Waals surface area contributed by atoms with E-state index in [1.807, 2.05) is 0 Å². The highest BCUT2D eigenvalue weighted by Crippen LogP contribution is 2.18. The zero-order valence-corrected chi connectivity index (χ0v) is 9.58. The highest BCUT2D eigenvalue weighted by Gasteiger charge is 2.15. The molecule has 0 amide bonds. The average Bonchev–Trinajstić information content (AvgIpc) is 2.29. The average molecular weight is 205 g/mol. The quantitative estimate of drug-likeness (QED) is 0.816. The third-order valence-corrected chi connectivity index (χ3v) is 3.20. The fourth-order valence-electron chi connectivity index (χ4n) is 1.98. The molecule has 1 aromatic heterocycles. The maximum absolute atomic E-state index is 4.43. The van der Waals surface area contributed by atoms with Crippen molar-refractivity contribution in [3.63, 3.8) is 0 Å². The topological polar surface area (TPSA) is 37.8 Å². The Hall–Kier alpha value is -0.960. The lowest BCUT2D eigenvalue weighted by molar-refractivity contribution is 0.537. The molecule has 1 aliphatic rings. The van der Waals surface area contributed by atoms with Crippen molar-refractivity contribution in [2.45, 2.75) is 39.7 Å². The van der Waals surface area contributed by atoms with Crippen LogP contribution in [0.15, 0.2) is 6.33 Å². The van der Waals surface area contributed by atoms with Gasteiger partial charge in [0.25, 0.3) is 0 Å². The minimum Gasteiger partial charge on any atom is -0.312 e. The van der Waals surface area contributed by atoms with Gasteiger partial charge in [-0.3, -0.25) is 0 Å². The molecule has 0 fully saturated rings. The summed E-state index contributed by atoms with van der Waals surface area (Å²) < 4.78 is 0. The molecule has 0 aliphatic carbocycles. The maximum atomic E-state index is 4.43. The first-order valence-electron chi connectivity index (χ1n) is 5.83. The van der Waals surface area contributed by atoms with Crippen molar-refractivity contribution in [2.24, 2.45) is 5.92 Å². The van der Waals surface area contributed by atoms with Crippen LogP contribution in [-0.2, 0) is 19.4 Å². The molecule has 3 nitrogen and oxygen atoms in total. The van der Waals surface area contributed by atoms with Crippen molar-refractivity contribution in [2.75, 3.05) is 6.54 Å². The second kappa shape index (κ2) is 4.71. The smallest absolute Gasteiger partial charge is 0.115 e. The Kier molecular flexibility index (Phi) is 3.31. The van der Waals surface area contributed by atoms with Crippen LogP contribution in [0.25, 0.3) is 0 Å². The molecule has 82 valence electrons. The van der Waals surface area contributed by atoms with Gasteiger partial charge < -0.3 is 5.32 Å². The fourth-order valence-corrected chi connectivity index (χ4v) is 1.98. The van der Waals surface area contributed by atoms with Crippen LogP contribution in [0.4, 0.5) is 0 Å². The molecule has 0 aromatic carbocycles. The lowest BCUT2D eigenvalue weighted by atomic mass is 9.97. The second-order valence-electron chi connectivity index (χ2n) is 4.39. The minimum atomic E-state index is 0.714. The third kappa shape index (κ3) is 2.34. The number of rotatable bonds is 3. The van der Waals surface area contributed by atoms with E-state index >= 15 is 0 Å². The molecule has 15 heavy (non-hydrogen) atoms. The highest BCUT2D eigenvalue weighted by atomic mass is 14.9. The summed E-state index contributed by atoms with van der Waals surface area (Å²) in [5.74, 6) is 0.714. The van der Waals surface area contributed by atoms with E-state index in [0.717, 1.165) is 25.9 Å². The number of hydrogen-bond acceptors (Lipinski definition) is 3. The Balaban J connectivity index is 2.23. The molecular formula is C12H19N3. The Morgan fingerprint density at radius 2 is 2.33 bits per heavy atom. The molecule has 0 radical (unpaired) electrons. The van der Waals surface area contributed by atoms with Gasteiger partial charge in [-0.2, -0.15) is 0 Å². The number of aromatic nitrogens is 2. The van der Waals surface area contributed by atoms with E-state index in [-0.39, 0.29) is 0 Å². The van der Waals surface area contributed by atoms with Gasteiger partial charge in [0.05, 0.1) is 0 Å². The predicted octanol–water partition coefficient (Wildman–Crippen LogP) is 1.71. The first kappa shape index (κ1) is 10.6. The third-order valence-electron chi connectivity index (χ3n) is 3.20. The van der Waals surface area contributed by atoms with Gasteiger partial charge >= 0.3 is 0 Å². The SMILES string of the molecule is CCC(C)Cc1ncnc2c1CNCC2. The summed E-state index contributed by atoms with van der Waals surface area (Å²) in [5.41, 5.74) is 3.85. The van der Waals surface area contributed by atoms with Crippen molar-refractivity contribution >= 4 is 0 Å². The lowest BCUT2D eigenvalue weighted by Gasteiger charge is -2.19. The van der Waals surface area contributed by atoms with E-state index < -0.39 is 0 Å². The molecule has 1 N–H and O–H groups in total. The van der Waals surface area contributed by atoms with Crippen molar-refractivity contribution in [1.82, 2.24) is 15.3 Å². The predicted molar refractivity (Wildman–Crippen MR) is 60.6 cm³/mol. The largest absolute Gasteiger partial charge is 0.312 e. The van der Waals surface area contributed by atoms with E-state index in [2.05, 4.69) is 29.1 Å². The molecule has 1 aromatic rings. The summed E-state index contributed by atoms with van der Waals surface area (Å²) in [6.07, 6.45) is 5.07. The van der Waals surface area contributed by atoms with Gasteiger partial charge in [0.1, 0.15) is 6.33 Å². The van der Waals surface area contributed by atoms with Gasteiger partial charge in [0.15, 0.2) is 0 Å². The number of hydrogen-bond donors (Lipinski definition) is 1. The van der Waals surface area contributed by atoms with Gasteiger partial charge in [-0.25, -0.2) is 9.97 Å². The first-order chi connectivity index (χ1) is 7.31. The fraction of sp³-hybridized carbons (Fsp3) is 0.667. The summed E-state index contributed by atoms with van der Waals surface area (Å²) in [6.45, 7) is 6.51. The molecule has 2 heterocycles. The zero-order valence-electron chi connectivity index (χ0n) is 9.58. The number of nitrogens with one attached hydrogen (secondary N) is 1. The molecule has 2 rings (SSSR count). The number of nitrogens with zero attached hydrogens (tertiary/aromatic N) is 2. The van der Waals surface area contributed by atoms with Crippen LogP contribution in [0, 0.1) is 5.92 Å². The zero-order chi connectivity index (χ0) is 10.7. The molecule has 0 spiro atoms. The van der Waals surface area contributed by atoms with Crippen LogP contribution in [-0.4, -0.2) is 16.5 Å².